The lowest BCUT2D eigenvalue weighted by Crippen LogP contribution is -2.36. The van der Waals surface area contributed by atoms with Crippen molar-refractivity contribution in [3.05, 3.63) is 53.1 Å². The summed E-state index contributed by atoms with van der Waals surface area (Å²) in [5, 5.41) is 0.607. The molecule has 148 valence electrons. The number of carbonyl (C=O) groups is 1. The molecule has 2 aromatic rings. The van der Waals surface area contributed by atoms with Gasteiger partial charge in [-0.25, -0.2) is 0 Å². The Labute approximate surface area is 170 Å². The molecule has 6 heteroatoms. The van der Waals surface area contributed by atoms with Gasteiger partial charge in [0, 0.05) is 29.6 Å². The fourth-order valence-electron chi connectivity index (χ4n) is 3.27. The second-order valence-electron chi connectivity index (χ2n) is 6.66. The summed E-state index contributed by atoms with van der Waals surface area (Å²) in [6, 6.07) is 12.5. The van der Waals surface area contributed by atoms with E-state index in [1.807, 2.05) is 23.1 Å². The highest BCUT2D eigenvalue weighted by Gasteiger charge is 2.23. The van der Waals surface area contributed by atoms with E-state index in [2.05, 4.69) is 0 Å². The van der Waals surface area contributed by atoms with Crippen LogP contribution in [0.3, 0.4) is 0 Å². The van der Waals surface area contributed by atoms with Crippen molar-refractivity contribution in [2.75, 3.05) is 32.2 Å². The quantitative estimate of drug-likeness (QED) is 0.639. The van der Waals surface area contributed by atoms with E-state index >= 15 is 0 Å². The Hall–Kier alpha value is -2.53. The molecule has 0 saturated carbocycles. The average Bonchev–Trinajstić information content (AvgIpc) is 3.01. The summed E-state index contributed by atoms with van der Waals surface area (Å²) in [7, 11) is 3.25. The van der Waals surface area contributed by atoms with Crippen molar-refractivity contribution >= 4 is 28.9 Å². The van der Waals surface area contributed by atoms with E-state index in [1.165, 1.54) is 0 Å². The van der Waals surface area contributed by atoms with Crippen molar-refractivity contribution in [3.8, 4) is 11.5 Å². The Morgan fingerprint density at radius 3 is 2.57 bits per heavy atom. The normalized spacial score (nSPS) is 14.0. The summed E-state index contributed by atoms with van der Waals surface area (Å²) in [6.07, 6.45) is 4.09. The second kappa shape index (κ2) is 9.60. The molecular weight excluding hydrogens is 376 g/mol. The van der Waals surface area contributed by atoms with Crippen LogP contribution in [0.1, 0.15) is 36.0 Å². The zero-order valence-corrected chi connectivity index (χ0v) is 17.0. The zero-order valence-electron chi connectivity index (χ0n) is 16.3. The molecule has 2 aromatic carbocycles. The molecule has 0 atom stereocenters. The highest BCUT2D eigenvalue weighted by Crippen LogP contribution is 2.34. The van der Waals surface area contributed by atoms with Crippen molar-refractivity contribution in [2.45, 2.75) is 25.7 Å². The first kappa shape index (κ1) is 20.2. The van der Waals surface area contributed by atoms with Crippen LogP contribution in [0.4, 0.5) is 5.69 Å². The lowest BCUT2D eigenvalue weighted by Gasteiger charge is -2.27. The summed E-state index contributed by atoms with van der Waals surface area (Å²) < 4.78 is 11.0. The van der Waals surface area contributed by atoms with Gasteiger partial charge in [0.1, 0.15) is 17.3 Å². The van der Waals surface area contributed by atoms with E-state index in [-0.39, 0.29) is 12.3 Å². The molecule has 0 aromatic heterocycles. The van der Waals surface area contributed by atoms with Crippen molar-refractivity contribution in [3.63, 3.8) is 0 Å². The van der Waals surface area contributed by atoms with E-state index in [0.717, 1.165) is 43.8 Å². The molecule has 5 nitrogen and oxygen atoms in total. The van der Waals surface area contributed by atoms with Crippen molar-refractivity contribution < 1.29 is 14.3 Å². The Balaban J connectivity index is 1.99. The maximum atomic E-state index is 13.0. The summed E-state index contributed by atoms with van der Waals surface area (Å²) in [5.74, 6) is 2.28. The third-order valence-electron chi connectivity index (χ3n) is 4.81. The van der Waals surface area contributed by atoms with Gasteiger partial charge in [-0.15, -0.1) is 0 Å². The van der Waals surface area contributed by atoms with Crippen LogP contribution in [0.5, 0.6) is 11.5 Å². The molecule has 0 amide bonds. The number of methoxy groups -OCH3 is 2. The highest BCUT2D eigenvalue weighted by molar-refractivity contribution is 6.30. The highest BCUT2D eigenvalue weighted by atomic mass is 35.5. The van der Waals surface area contributed by atoms with E-state index in [9.17, 15) is 4.79 Å². The Morgan fingerprint density at radius 2 is 1.86 bits per heavy atom. The van der Waals surface area contributed by atoms with Crippen LogP contribution in [-0.2, 0) is 0 Å². The van der Waals surface area contributed by atoms with Crippen LogP contribution >= 0.6 is 11.6 Å². The molecule has 0 aliphatic carbocycles. The SMILES string of the molecule is COc1ccc(OC)c(N(CC(=O)c2ccc(Cl)cc2)C2=NCCCCC2)c1. The zero-order chi connectivity index (χ0) is 19.9. The minimum Gasteiger partial charge on any atom is -0.497 e. The smallest absolute Gasteiger partial charge is 0.182 e. The van der Waals surface area contributed by atoms with Crippen LogP contribution in [0.15, 0.2) is 47.5 Å². The number of rotatable bonds is 6. The number of halogens is 1. The number of ketones is 1. The van der Waals surface area contributed by atoms with Gasteiger partial charge in [-0.05, 0) is 49.2 Å². The van der Waals surface area contributed by atoms with Gasteiger partial charge in [-0.3, -0.25) is 9.79 Å². The molecule has 1 aliphatic heterocycles. The van der Waals surface area contributed by atoms with E-state index in [0.29, 0.717) is 22.1 Å². The summed E-state index contributed by atoms with van der Waals surface area (Å²) in [6.45, 7) is 0.942. The molecule has 0 saturated heterocycles. The number of nitrogens with zero attached hydrogens (tertiary/aromatic N) is 2. The Kier molecular flexibility index (Phi) is 6.93. The van der Waals surface area contributed by atoms with Crippen LogP contribution in [0.2, 0.25) is 5.02 Å². The fourth-order valence-corrected chi connectivity index (χ4v) is 3.40. The lowest BCUT2D eigenvalue weighted by atomic mass is 10.1. The van der Waals surface area contributed by atoms with Gasteiger partial charge in [-0.2, -0.15) is 0 Å². The van der Waals surface area contributed by atoms with Crippen molar-refractivity contribution in [1.29, 1.82) is 0 Å². The molecular formula is C22H25ClN2O3. The van der Waals surface area contributed by atoms with Crippen molar-refractivity contribution in [1.82, 2.24) is 0 Å². The number of ether oxygens (including phenoxy) is 2. The van der Waals surface area contributed by atoms with Crippen molar-refractivity contribution in [2.24, 2.45) is 4.99 Å². The maximum absolute atomic E-state index is 13.0. The number of carbonyl (C=O) groups excluding carboxylic acids is 1. The molecule has 0 unspecified atom stereocenters. The van der Waals surface area contributed by atoms with E-state index in [1.54, 1.807) is 38.5 Å². The third kappa shape index (κ3) is 4.84. The van der Waals surface area contributed by atoms with Gasteiger partial charge in [0.15, 0.2) is 5.78 Å². The standard InChI is InChI=1S/C22H25ClN2O3/c1-27-18-11-12-21(28-2)19(14-18)25(22-6-4-3-5-13-24-22)15-20(26)16-7-9-17(23)10-8-16/h7-12,14H,3-6,13,15H2,1-2H3. The first-order valence-corrected chi connectivity index (χ1v) is 9.82. The molecule has 0 fully saturated rings. The molecule has 1 heterocycles. The molecule has 3 rings (SSSR count). The lowest BCUT2D eigenvalue weighted by molar-refractivity contribution is 0.100. The van der Waals surface area contributed by atoms with Crippen LogP contribution in [-0.4, -0.2) is 38.9 Å². The average molecular weight is 401 g/mol. The predicted molar refractivity (Wildman–Crippen MR) is 113 cm³/mol. The van der Waals surface area contributed by atoms with Gasteiger partial charge in [-0.1, -0.05) is 18.0 Å². The largest absolute Gasteiger partial charge is 0.497 e. The van der Waals surface area contributed by atoms with Gasteiger partial charge in [0.05, 0.1) is 26.5 Å². The topological polar surface area (TPSA) is 51.1 Å². The number of anilines is 1. The van der Waals surface area contributed by atoms with E-state index < -0.39 is 0 Å². The summed E-state index contributed by atoms with van der Waals surface area (Å²) in [5.41, 5.74) is 1.40. The minimum atomic E-state index is -0.00603. The fraction of sp³-hybridized carbons (Fsp3) is 0.364. The monoisotopic (exact) mass is 400 g/mol. The first-order valence-electron chi connectivity index (χ1n) is 9.44. The van der Waals surface area contributed by atoms with Gasteiger partial charge in [0.25, 0.3) is 0 Å². The minimum absolute atomic E-state index is 0.00603. The Morgan fingerprint density at radius 1 is 1.07 bits per heavy atom. The number of aliphatic imine (C=N–C) groups is 1. The summed E-state index contributed by atoms with van der Waals surface area (Å²) >= 11 is 5.96. The number of benzene rings is 2. The molecule has 0 N–H and O–H groups in total. The molecule has 0 spiro atoms. The third-order valence-corrected chi connectivity index (χ3v) is 5.06. The van der Waals surface area contributed by atoms with Gasteiger partial charge < -0.3 is 14.4 Å². The number of hydrogen-bond donors (Lipinski definition) is 0. The molecule has 28 heavy (non-hydrogen) atoms. The maximum Gasteiger partial charge on any atom is 0.182 e. The number of Topliss-reactive ketones (excluding diaryl/α,β-unsaturated/α-hetero) is 1. The van der Waals surface area contributed by atoms with E-state index in [4.69, 9.17) is 26.1 Å². The molecule has 0 bridgehead atoms. The summed E-state index contributed by atoms with van der Waals surface area (Å²) in [4.78, 5) is 19.7. The second-order valence-corrected chi connectivity index (χ2v) is 7.10. The first-order chi connectivity index (χ1) is 13.6. The molecule has 0 radical (unpaired) electrons. The number of hydrogen-bond acceptors (Lipinski definition) is 5. The number of amidine groups is 1. The van der Waals surface area contributed by atoms with Crippen LogP contribution in [0, 0.1) is 0 Å². The van der Waals surface area contributed by atoms with Gasteiger partial charge >= 0.3 is 0 Å². The van der Waals surface area contributed by atoms with Crippen LogP contribution < -0.4 is 14.4 Å². The Bertz CT molecular complexity index is 849. The van der Waals surface area contributed by atoms with Crippen LogP contribution in [0.25, 0.3) is 0 Å². The molecule has 1 aliphatic rings. The van der Waals surface area contributed by atoms with Gasteiger partial charge in [0.2, 0.25) is 0 Å². The predicted octanol–water partition coefficient (Wildman–Crippen LogP) is 5.02.